The molecule has 2 rings (SSSR count). The summed E-state index contributed by atoms with van der Waals surface area (Å²) in [6, 6.07) is 6.42. The minimum atomic E-state index is -1.42. The van der Waals surface area contributed by atoms with E-state index in [2.05, 4.69) is 10.6 Å². The van der Waals surface area contributed by atoms with Crippen LogP contribution in [0.4, 0.5) is 4.79 Å². The van der Waals surface area contributed by atoms with Crippen molar-refractivity contribution >= 4 is 23.8 Å². The normalized spacial score (nSPS) is 15.6. The van der Waals surface area contributed by atoms with Crippen LogP contribution in [0.15, 0.2) is 24.3 Å². The molecular formula is C26H37N5O5. The van der Waals surface area contributed by atoms with Gasteiger partial charge in [0, 0.05) is 6.04 Å². The molecule has 0 heterocycles. The zero-order chi connectivity index (χ0) is 26.9. The molecule has 0 aliphatic heterocycles. The van der Waals surface area contributed by atoms with E-state index in [-0.39, 0.29) is 6.04 Å². The van der Waals surface area contributed by atoms with Gasteiger partial charge in [-0.1, -0.05) is 49.1 Å². The fraction of sp³-hybridized carbons (Fsp3) is 0.577. The number of carbonyl (C=O) groups is 4. The second-order valence-corrected chi connectivity index (χ2v) is 10.2. The Morgan fingerprint density at radius 2 is 1.75 bits per heavy atom. The number of nitriles is 1. The fourth-order valence-electron chi connectivity index (χ4n) is 4.17. The maximum absolute atomic E-state index is 13.7. The van der Waals surface area contributed by atoms with Gasteiger partial charge < -0.3 is 26.0 Å². The predicted octanol–water partition coefficient (Wildman–Crippen LogP) is 2.61. The van der Waals surface area contributed by atoms with Gasteiger partial charge >= 0.3 is 6.09 Å². The Balaban J connectivity index is 2.42. The number of nitrogens with two attached hydrogens (primary N) is 1. The van der Waals surface area contributed by atoms with Crippen molar-refractivity contribution in [2.75, 3.05) is 6.54 Å². The summed E-state index contributed by atoms with van der Waals surface area (Å²) in [5.41, 5.74) is 5.97. The molecule has 196 valence electrons. The molecule has 2 atom stereocenters. The molecule has 1 saturated carbocycles. The zero-order valence-electron chi connectivity index (χ0n) is 21.5. The fourth-order valence-corrected chi connectivity index (χ4v) is 4.17. The van der Waals surface area contributed by atoms with Gasteiger partial charge in [-0.25, -0.2) is 4.79 Å². The number of aryl methyl sites for hydroxylation is 1. The molecule has 0 saturated heterocycles. The summed E-state index contributed by atoms with van der Waals surface area (Å²) in [5, 5.41) is 15.0. The van der Waals surface area contributed by atoms with Crippen molar-refractivity contribution in [3.63, 3.8) is 0 Å². The van der Waals surface area contributed by atoms with E-state index in [1.807, 2.05) is 25.1 Å². The smallest absolute Gasteiger partial charge is 0.408 e. The highest BCUT2D eigenvalue weighted by Gasteiger charge is 2.37. The lowest BCUT2D eigenvalue weighted by atomic mass is 9.94. The number of alkyl carbamates (subject to hydrolysis) is 1. The van der Waals surface area contributed by atoms with Crippen LogP contribution in [-0.4, -0.2) is 52.9 Å². The summed E-state index contributed by atoms with van der Waals surface area (Å²) < 4.78 is 5.23. The van der Waals surface area contributed by atoms with Crippen molar-refractivity contribution in [1.29, 1.82) is 5.26 Å². The van der Waals surface area contributed by atoms with Gasteiger partial charge in [0.05, 0.1) is 12.5 Å². The second kappa shape index (κ2) is 12.9. The largest absolute Gasteiger partial charge is 0.444 e. The molecule has 10 nitrogen and oxygen atoms in total. The molecule has 4 amide bonds. The van der Waals surface area contributed by atoms with Crippen molar-refractivity contribution < 1.29 is 23.9 Å². The monoisotopic (exact) mass is 499 g/mol. The SMILES string of the molecule is Cc1ccc(C(C(=O)NC2CCCCC2)N(CC#N)C(=O)C(CC(N)=O)NC(=O)OC(C)(C)C)cc1. The molecule has 0 aromatic heterocycles. The lowest BCUT2D eigenvalue weighted by Gasteiger charge is -2.34. The molecule has 1 aromatic rings. The van der Waals surface area contributed by atoms with Gasteiger partial charge in [0.2, 0.25) is 17.7 Å². The van der Waals surface area contributed by atoms with Gasteiger partial charge in [0.15, 0.2) is 0 Å². The Kier molecular flexibility index (Phi) is 10.3. The van der Waals surface area contributed by atoms with Crippen LogP contribution >= 0.6 is 0 Å². The van der Waals surface area contributed by atoms with Gasteiger partial charge in [0.1, 0.15) is 24.2 Å². The van der Waals surface area contributed by atoms with E-state index < -0.39 is 54.5 Å². The van der Waals surface area contributed by atoms with Crippen molar-refractivity contribution in [2.24, 2.45) is 5.73 Å². The quantitative estimate of drug-likeness (QED) is 0.444. The van der Waals surface area contributed by atoms with E-state index in [9.17, 15) is 24.4 Å². The van der Waals surface area contributed by atoms with Crippen LogP contribution in [0.3, 0.4) is 0 Å². The van der Waals surface area contributed by atoms with Gasteiger partial charge in [-0.2, -0.15) is 5.26 Å². The molecule has 2 unspecified atom stereocenters. The molecule has 36 heavy (non-hydrogen) atoms. The number of hydrogen-bond donors (Lipinski definition) is 3. The number of ether oxygens (including phenoxy) is 1. The number of amides is 4. The number of nitrogens with one attached hydrogen (secondary N) is 2. The summed E-state index contributed by atoms with van der Waals surface area (Å²) in [6.07, 6.45) is 3.34. The molecule has 1 aromatic carbocycles. The Morgan fingerprint density at radius 1 is 1.14 bits per heavy atom. The maximum atomic E-state index is 13.7. The van der Waals surface area contributed by atoms with Gasteiger partial charge in [-0.05, 0) is 46.1 Å². The van der Waals surface area contributed by atoms with Crippen molar-refractivity contribution in [1.82, 2.24) is 15.5 Å². The zero-order valence-corrected chi connectivity index (χ0v) is 21.5. The third-order valence-corrected chi connectivity index (χ3v) is 5.82. The summed E-state index contributed by atoms with van der Waals surface area (Å²) in [6.45, 7) is 6.42. The maximum Gasteiger partial charge on any atom is 0.408 e. The average Bonchev–Trinajstić information content (AvgIpc) is 2.78. The van der Waals surface area contributed by atoms with Gasteiger partial charge in [-0.15, -0.1) is 0 Å². The Labute approximate surface area is 212 Å². The number of primary amides is 1. The molecule has 1 aliphatic carbocycles. The average molecular weight is 500 g/mol. The number of carbonyl (C=O) groups excluding carboxylic acids is 4. The topological polar surface area (TPSA) is 155 Å². The number of benzene rings is 1. The molecular weight excluding hydrogens is 462 g/mol. The molecule has 0 radical (unpaired) electrons. The molecule has 0 spiro atoms. The highest BCUT2D eigenvalue weighted by atomic mass is 16.6. The minimum Gasteiger partial charge on any atom is -0.444 e. The van der Waals surface area contributed by atoms with Gasteiger partial charge in [-0.3, -0.25) is 14.4 Å². The van der Waals surface area contributed by atoms with Crippen LogP contribution in [-0.2, 0) is 19.1 Å². The van der Waals surface area contributed by atoms with Crippen molar-refractivity contribution in [3.8, 4) is 6.07 Å². The van der Waals surface area contributed by atoms with Crippen LogP contribution in [0.25, 0.3) is 0 Å². The lowest BCUT2D eigenvalue weighted by molar-refractivity contribution is -0.143. The predicted molar refractivity (Wildman–Crippen MR) is 133 cm³/mol. The first-order chi connectivity index (χ1) is 16.9. The van der Waals surface area contributed by atoms with Crippen LogP contribution in [0.1, 0.15) is 76.5 Å². The van der Waals surface area contributed by atoms with Crippen LogP contribution in [0.2, 0.25) is 0 Å². The van der Waals surface area contributed by atoms with Crippen molar-refractivity contribution in [2.45, 2.75) is 89.9 Å². The van der Waals surface area contributed by atoms with Crippen LogP contribution in [0.5, 0.6) is 0 Å². The van der Waals surface area contributed by atoms with Gasteiger partial charge in [0.25, 0.3) is 0 Å². The standard InChI is InChI=1S/C26H37N5O5/c1-17-10-12-18(13-11-17)22(23(33)29-19-8-6-5-7-9-19)31(15-14-27)24(34)20(16-21(28)32)30-25(35)36-26(2,3)4/h10-13,19-20,22H,5-9,15-16H2,1-4H3,(H2,28,32)(H,29,33)(H,30,35). The molecule has 1 aliphatic rings. The minimum absolute atomic E-state index is 0.0282. The summed E-state index contributed by atoms with van der Waals surface area (Å²) in [7, 11) is 0. The lowest BCUT2D eigenvalue weighted by Crippen LogP contribution is -2.54. The summed E-state index contributed by atoms with van der Waals surface area (Å²) in [4.78, 5) is 52.5. The van der Waals surface area contributed by atoms with E-state index in [1.54, 1.807) is 32.9 Å². The Bertz CT molecular complexity index is 974. The van der Waals surface area contributed by atoms with E-state index >= 15 is 0 Å². The summed E-state index contributed by atoms with van der Waals surface area (Å²) in [5.74, 6) is -2.05. The molecule has 0 bridgehead atoms. The summed E-state index contributed by atoms with van der Waals surface area (Å²) >= 11 is 0. The molecule has 4 N–H and O–H groups in total. The van der Waals surface area contributed by atoms with E-state index in [0.29, 0.717) is 5.56 Å². The van der Waals surface area contributed by atoms with E-state index in [4.69, 9.17) is 10.5 Å². The number of nitrogens with zero attached hydrogens (tertiary/aromatic N) is 2. The first-order valence-corrected chi connectivity index (χ1v) is 12.2. The highest BCUT2D eigenvalue weighted by Crippen LogP contribution is 2.25. The van der Waals surface area contributed by atoms with E-state index in [0.717, 1.165) is 42.6 Å². The highest BCUT2D eigenvalue weighted by molar-refractivity contribution is 5.94. The third kappa shape index (κ3) is 8.87. The molecule has 1 fully saturated rings. The second-order valence-electron chi connectivity index (χ2n) is 10.2. The number of rotatable bonds is 9. The number of hydrogen-bond acceptors (Lipinski definition) is 6. The Morgan fingerprint density at radius 3 is 2.28 bits per heavy atom. The van der Waals surface area contributed by atoms with E-state index in [1.165, 1.54) is 0 Å². The van der Waals surface area contributed by atoms with Crippen LogP contribution in [0, 0.1) is 18.3 Å². The first-order valence-electron chi connectivity index (χ1n) is 12.2. The van der Waals surface area contributed by atoms with Crippen molar-refractivity contribution in [3.05, 3.63) is 35.4 Å². The third-order valence-electron chi connectivity index (χ3n) is 5.82. The Hall–Kier alpha value is -3.61. The first kappa shape index (κ1) is 28.6. The van der Waals surface area contributed by atoms with Crippen LogP contribution < -0.4 is 16.4 Å². The molecule has 10 heteroatoms.